The molecule has 1 unspecified atom stereocenters. The van der Waals surface area contributed by atoms with Crippen molar-refractivity contribution in [2.24, 2.45) is 0 Å². The molecule has 0 amide bonds. The van der Waals surface area contributed by atoms with Crippen molar-refractivity contribution in [1.82, 2.24) is 0 Å². The second-order valence-electron chi connectivity index (χ2n) is 18.4. The van der Waals surface area contributed by atoms with Crippen LogP contribution < -0.4 is 0 Å². The smallest absolute Gasteiger partial charge is 0.306 e. The van der Waals surface area contributed by atoms with Gasteiger partial charge in [-0.05, 0) is 116 Å². The summed E-state index contributed by atoms with van der Waals surface area (Å²) in [5, 5.41) is 0. The van der Waals surface area contributed by atoms with E-state index in [0.29, 0.717) is 19.4 Å². The highest BCUT2D eigenvalue weighted by atomic mass is 16.6. The van der Waals surface area contributed by atoms with Crippen LogP contribution >= 0.6 is 0 Å². The third-order valence-corrected chi connectivity index (χ3v) is 11.7. The number of hydrogen-bond donors (Lipinski definition) is 0. The van der Waals surface area contributed by atoms with Gasteiger partial charge in [-0.3, -0.25) is 9.59 Å². The van der Waals surface area contributed by atoms with Crippen LogP contribution in [0.25, 0.3) is 0 Å². The van der Waals surface area contributed by atoms with Crippen LogP contribution in [0.5, 0.6) is 0 Å². The Balaban J connectivity index is 4.37. The fraction of sp³-hybridized carbons (Fsp3) is 0.683. The molecule has 0 aliphatic carbocycles. The van der Waals surface area contributed by atoms with E-state index < -0.39 is 6.10 Å². The van der Waals surface area contributed by atoms with Gasteiger partial charge in [-0.25, -0.2) is 0 Å². The molecule has 0 aromatic rings. The first-order valence-corrected chi connectivity index (χ1v) is 28.4. The van der Waals surface area contributed by atoms with Gasteiger partial charge in [0.1, 0.15) is 6.61 Å². The Bertz CT molecular complexity index is 1340. The molecule has 0 heterocycles. The van der Waals surface area contributed by atoms with Crippen molar-refractivity contribution in [3.05, 3.63) is 109 Å². The summed E-state index contributed by atoms with van der Waals surface area (Å²) in [6.07, 6.45) is 79.8. The molecule has 0 saturated carbocycles. The third-order valence-electron chi connectivity index (χ3n) is 11.7. The highest BCUT2D eigenvalue weighted by Crippen LogP contribution is 2.14. The molecule has 0 fully saturated rings. The number of allylic oxidation sites excluding steroid dienone is 18. The predicted octanol–water partition coefficient (Wildman–Crippen LogP) is 19.6. The molecule has 0 aromatic heterocycles. The zero-order chi connectivity index (χ0) is 49.2. The Hall–Kier alpha value is -3.44. The zero-order valence-corrected chi connectivity index (χ0v) is 44.6. The van der Waals surface area contributed by atoms with Crippen molar-refractivity contribution in [2.75, 3.05) is 19.8 Å². The monoisotopic (exact) mass is 943 g/mol. The summed E-state index contributed by atoms with van der Waals surface area (Å²) in [5.74, 6) is -0.449. The average molecular weight is 944 g/mol. The van der Waals surface area contributed by atoms with E-state index in [4.69, 9.17) is 14.2 Å². The summed E-state index contributed by atoms with van der Waals surface area (Å²) in [4.78, 5) is 25.5. The Labute approximate surface area is 421 Å². The standard InChI is InChI=1S/C63H106O5/c1-4-7-10-13-16-19-22-25-27-29-31-33-35-37-40-43-46-49-52-55-58-66-59-61(68-63(65)57-54-51-48-45-42-38-24-21-18-15-12-9-6-3)60-67-62(64)56-53-50-47-44-41-39-36-34-32-30-28-26-23-20-17-14-11-8-5-2/h7,10,12,15-16,19,21,24-28,31,33,37,40,46,49,61H,4-6,8-9,11,13-14,17-18,20,22-23,29-30,32,34-36,38-39,41-45,47-48,50-60H2,1-3H3/b10-7-,15-12-,19-16-,24-21-,27-25-,28-26-,33-31-,40-37-,49-46-. The van der Waals surface area contributed by atoms with Gasteiger partial charge in [-0.2, -0.15) is 0 Å². The Morgan fingerprint density at radius 3 is 1.13 bits per heavy atom. The maximum absolute atomic E-state index is 12.8. The number of unbranched alkanes of at least 4 members (excludes halogenated alkanes) is 22. The molecule has 0 aromatic carbocycles. The fourth-order valence-electron chi connectivity index (χ4n) is 7.56. The first-order valence-electron chi connectivity index (χ1n) is 28.4. The number of rotatable bonds is 51. The third kappa shape index (κ3) is 55.2. The van der Waals surface area contributed by atoms with Gasteiger partial charge in [0.2, 0.25) is 0 Å². The lowest BCUT2D eigenvalue weighted by molar-refractivity contribution is -0.163. The number of carbonyl (C=O) groups excluding carboxylic acids is 2. The van der Waals surface area contributed by atoms with Gasteiger partial charge < -0.3 is 14.2 Å². The molecule has 0 bridgehead atoms. The molecular formula is C63H106O5. The first kappa shape index (κ1) is 64.6. The van der Waals surface area contributed by atoms with E-state index >= 15 is 0 Å². The average Bonchev–Trinajstić information content (AvgIpc) is 3.34. The molecule has 388 valence electrons. The lowest BCUT2D eigenvalue weighted by Gasteiger charge is -2.18. The van der Waals surface area contributed by atoms with Crippen molar-refractivity contribution in [3.63, 3.8) is 0 Å². The topological polar surface area (TPSA) is 61.8 Å². The van der Waals surface area contributed by atoms with E-state index in [1.165, 1.54) is 109 Å². The van der Waals surface area contributed by atoms with E-state index in [1.807, 2.05) is 0 Å². The molecule has 5 heteroatoms. The van der Waals surface area contributed by atoms with Gasteiger partial charge in [0.15, 0.2) is 6.10 Å². The largest absolute Gasteiger partial charge is 0.462 e. The minimum atomic E-state index is -0.581. The van der Waals surface area contributed by atoms with Gasteiger partial charge in [-0.1, -0.05) is 233 Å². The maximum atomic E-state index is 12.8. The van der Waals surface area contributed by atoms with E-state index in [0.717, 1.165) is 109 Å². The lowest BCUT2D eigenvalue weighted by atomic mass is 10.1. The van der Waals surface area contributed by atoms with Gasteiger partial charge >= 0.3 is 11.9 Å². The van der Waals surface area contributed by atoms with Gasteiger partial charge in [0.25, 0.3) is 0 Å². The van der Waals surface area contributed by atoms with Crippen LogP contribution in [0.4, 0.5) is 0 Å². The number of ether oxygens (including phenoxy) is 3. The Kier molecular flexibility index (Phi) is 54.9. The maximum Gasteiger partial charge on any atom is 0.306 e. The molecule has 0 saturated heterocycles. The molecule has 0 spiro atoms. The van der Waals surface area contributed by atoms with Crippen molar-refractivity contribution in [3.8, 4) is 0 Å². The van der Waals surface area contributed by atoms with Crippen molar-refractivity contribution in [1.29, 1.82) is 0 Å². The van der Waals surface area contributed by atoms with Crippen LogP contribution in [0.2, 0.25) is 0 Å². The van der Waals surface area contributed by atoms with E-state index in [1.54, 1.807) is 0 Å². The quantitative estimate of drug-likeness (QED) is 0.0345. The first-order chi connectivity index (χ1) is 33.6. The molecular weight excluding hydrogens is 837 g/mol. The summed E-state index contributed by atoms with van der Waals surface area (Å²) in [6, 6.07) is 0. The minimum Gasteiger partial charge on any atom is -0.462 e. The molecule has 68 heavy (non-hydrogen) atoms. The SMILES string of the molecule is CC/C=C\C/C=C\C/C=C\C/C=C\C/C=C\C/C=C\CCCOCC(COC(=O)CCCCCCCCCCC/C=C\CCCCCCCC)OC(=O)CCCCCCC/C=C\C/C=C\CCC. The minimum absolute atomic E-state index is 0.0502. The van der Waals surface area contributed by atoms with Crippen LogP contribution in [-0.2, 0) is 23.8 Å². The predicted molar refractivity (Wildman–Crippen MR) is 297 cm³/mol. The highest BCUT2D eigenvalue weighted by Gasteiger charge is 2.17. The second kappa shape index (κ2) is 57.9. The molecule has 1 atom stereocenters. The summed E-state index contributed by atoms with van der Waals surface area (Å²) in [5.41, 5.74) is 0. The molecule has 0 aliphatic rings. The van der Waals surface area contributed by atoms with Crippen LogP contribution in [-0.4, -0.2) is 37.9 Å². The second-order valence-corrected chi connectivity index (χ2v) is 18.4. The molecule has 0 rings (SSSR count). The lowest BCUT2D eigenvalue weighted by Crippen LogP contribution is -2.30. The van der Waals surface area contributed by atoms with E-state index in [-0.39, 0.29) is 25.2 Å². The van der Waals surface area contributed by atoms with Gasteiger partial charge in [-0.15, -0.1) is 0 Å². The summed E-state index contributed by atoms with van der Waals surface area (Å²) in [6.45, 7) is 7.49. The van der Waals surface area contributed by atoms with Crippen LogP contribution in [0, 0.1) is 0 Å². The Morgan fingerprint density at radius 1 is 0.338 bits per heavy atom. The molecule has 0 aliphatic heterocycles. The number of hydrogen-bond acceptors (Lipinski definition) is 5. The molecule has 5 nitrogen and oxygen atoms in total. The van der Waals surface area contributed by atoms with Crippen molar-refractivity contribution >= 4 is 11.9 Å². The zero-order valence-electron chi connectivity index (χ0n) is 44.6. The molecule has 0 N–H and O–H groups in total. The van der Waals surface area contributed by atoms with Gasteiger partial charge in [0, 0.05) is 19.4 Å². The van der Waals surface area contributed by atoms with E-state index in [9.17, 15) is 9.59 Å². The fourth-order valence-corrected chi connectivity index (χ4v) is 7.56. The van der Waals surface area contributed by atoms with Crippen LogP contribution in [0.1, 0.15) is 252 Å². The summed E-state index contributed by atoms with van der Waals surface area (Å²) < 4.78 is 17.4. The highest BCUT2D eigenvalue weighted by molar-refractivity contribution is 5.70. The normalized spacial score (nSPS) is 13.0. The summed E-state index contributed by atoms with van der Waals surface area (Å²) >= 11 is 0. The van der Waals surface area contributed by atoms with Crippen molar-refractivity contribution in [2.45, 2.75) is 258 Å². The van der Waals surface area contributed by atoms with Gasteiger partial charge in [0.05, 0.1) is 6.61 Å². The van der Waals surface area contributed by atoms with E-state index in [2.05, 4.69) is 130 Å². The summed E-state index contributed by atoms with van der Waals surface area (Å²) in [7, 11) is 0. The van der Waals surface area contributed by atoms with Crippen LogP contribution in [0.3, 0.4) is 0 Å². The Morgan fingerprint density at radius 2 is 0.691 bits per heavy atom. The number of carbonyl (C=O) groups is 2. The van der Waals surface area contributed by atoms with Crippen molar-refractivity contribution < 1.29 is 23.8 Å². The molecule has 0 radical (unpaired) electrons. The number of esters is 2. The van der Waals surface area contributed by atoms with Crippen LogP contribution in [0.15, 0.2) is 109 Å².